The van der Waals surface area contributed by atoms with Gasteiger partial charge < -0.3 is 15.2 Å². The summed E-state index contributed by atoms with van der Waals surface area (Å²) in [6, 6.07) is 0. The Morgan fingerprint density at radius 3 is 3.11 bits per heavy atom. The molecule has 1 saturated heterocycles. The first-order valence-corrected chi connectivity index (χ1v) is 7.04. The van der Waals surface area contributed by atoms with Gasteiger partial charge in [-0.2, -0.15) is 0 Å². The fourth-order valence-corrected chi connectivity index (χ4v) is 2.83. The topological polar surface area (TPSA) is 70.5 Å². The van der Waals surface area contributed by atoms with E-state index in [4.69, 9.17) is 4.74 Å². The van der Waals surface area contributed by atoms with Crippen molar-refractivity contribution in [3.05, 3.63) is 5.69 Å². The third-order valence-electron chi connectivity index (χ3n) is 2.87. The van der Waals surface area contributed by atoms with Gasteiger partial charge in [0.15, 0.2) is 0 Å². The normalized spacial score (nSPS) is 25.3. The van der Waals surface area contributed by atoms with E-state index < -0.39 is 0 Å². The summed E-state index contributed by atoms with van der Waals surface area (Å²) in [6.45, 7) is 7.37. The first-order valence-electron chi connectivity index (χ1n) is 6.26. The number of aliphatic hydroxyl groups excluding tert-OH is 1. The summed E-state index contributed by atoms with van der Waals surface area (Å²) in [4.78, 5) is 2.26. The van der Waals surface area contributed by atoms with E-state index in [1.54, 1.807) is 0 Å². The molecule has 7 heteroatoms. The summed E-state index contributed by atoms with van der Waals surface area (Å²) in [7, 11) is 0. The van der Waals surface area contributed by atoms with Crippen LogP contribution in [0.3, 0.4) is 0 Å². The lowest BCUT2D eigenvalue weighted by molar-refractivity contribution is -0.0974. The summed E-state index contributed by atoms with van der Waals surface area (Å²) < 4.78 is 9.61. The molecular weight excluding hydrogens is 252 g/mol. The van der Waals surface area contributed by atoms with Crippen LogP contribution in [0.1, 0.15) is 19.5 Å². The second-order valence-electron chi connectivity index (χ2n) is 4.52. The molecule has 0 spiro atoms. The molecule has 0 aliphatic carbocycles. The van der Waals surface area contributed by atoms with Crippen LogP contribution in [-0.2, 0) is 11.3 Å². The Morgan fingerprint density at radius 2 is 2.39 bits per heavy atom. The number of hydrogen-bond donors (Lipinski definition) is 2. The van der Waals surface area contributed by atoms with Crippen molar-refractivity contribution in [1.82, 2.24) is 14.5 Å². The number of morpholine rings is 1. The van der Waals surface area contributed by atoms with Crippen LogP contribution in [-0.4, -0.2) is 58.0 Å². The third-order valence-corrected chi connectivity index (χ3v) is 3.60. The van der Waals surface area contributed by atoms with Crippen molar-refractivity contribution in [3.63, 3.8) is 0 Å². The van der Waals surface area contributed by atoms with Gasteiger partial charge in [0.25, 0.3) is 0 Å². The summed E-state index contributed by atoms with van der Waals surface area (Å²) in [6.07, 6.45) is 0.0491. The van der Waals surface area contributed by atoms with Gasteiger partial charge in [0.05, 0.1) is 18.8 Å². The van der Waals surface area contributed by atoms with E-state index in [1.807, 2.05) is 6.92 Å². The van der Waals surface area contributed by atoms with Gasteiger partial charge in [-0.3, -0.25) is 4.90 Å². The Balaban J connectivity index is 1.97. The molecule has 2 rings (SSSR count). The monoisotopic (exact) mass is 272 g/mol. The maximum absolute atomic E-state index is 9.20. The summed E-state index contributed by atoms with van der Waals surface area (Å²) in [5.41, 5.74) is 0.979. The van der Waals surface area contributed by atoms with Crippen molar-refractivity contribution in [2.45, 2.75) is 32.6 Å². The van der Waals surface area contributed by atoms with Crippen molar-refractivity contribution in [1.29, 1.82) is 0 Å². The number of rotatable bonds is 5. The molecule has 102 valence electrons. The van der Waals surface area contributed by atoms with Gasteiger partial charge in [-0.15, -0.1) is 5.10 Å². The highest BCUT2D eigenvalue weighted by atomic mass is 32.1. The number of aliphatic hydroxyl groups is 1. The predicted molar refractivity (Wildman–Crippen MR) is 70.8 cm³/mol. The minimum Gasteiger partial charge on any atom is -0.394 e. The van der Waals surface area contributed by atoms with Crippen LogP contribution in [0.5, 0.6) is 0 Å². The highest BCUT2D eigenvalue weighted by molar-refractivity contribution is 7.10. The van der Waals surface area contributed by atoms with Crippen LogP contribution in [0, 0.1) is 0 Å². The minimum atomic E-state index is -0.0945. The second kappa shape index (κ2) is 6.42. The molecule has 0 radical (unpaired) electrons. The zero-order chi connectivity index (χ0) is 13.0. The van der Waals surface area contributed by atoms with Crippen molar-refractivity contribution in [2.24, 2.45) is 0 Å². The van der Waals surface area contributed by atoms with Crippen LogP contribution in [0.4, 0.5) is 5.00 Å². The maximum Gasteiger partial charge on any atom is 0.134 e. The number of ether oxygens (including phenoxy) is 1. The van der Waals surface area contributed by atoms with Gasteiger partial charge in [0.1, 0.15) is 10.7 Å². The molecular formula is C11H20N4O2S. The van der Waals surface area contributed by atoms with Gasteiger partial charge >= 0.3 is 0 Å². The highest BCUT2D eigenvalue weighted by Crippen LogP contribution is 2.21. The Bertz CT molecular complexity index is 374. The number of hydrogen-bond acceptors (Lipinski definition) is 7. The molecule has 0 aromatic carbocycles. The Labute approximate surface area is 111 Å². The smallest absolute Gasteiger partial charge is 0.134 e. The Hall–Kier alpha value is -0.760. The van der Waals surface area contributed by atoms with Crippen molar-refractivity contribution >= 4 is 16.5 Å². The SMILES string of the molecule is CCNc1snnc1CN1CC(C)OC(CO)C1. The molecule has 2 atom stereocenters. The second-order valence-corrected chi connectivity index (χ2v) is 5.28. The number of nitrogens with zero attached hydrogens (tertiary/aromatic N) is 3. The average molecular weight is 272 g/mol. The zero-order valence-electron chi connectivity index (χ0n) is 10.8. The maximum atomic E-state index is 9.20. The van der Waals surface area contributed by atoms with E-state index in [0.717, 1.165) is 36.9 Å². The Kier molecular flexibility index (Phi) is 4.87. The molecule has 2 heterocycles. The fourth-order valence-electron chi connectivity index (χ4n) is 2.19. The molecule has 1 aromatic heterocycles. The molecule has 0 amide bonds. The van der Waals surface area contributed by atoms with Crippen LogP contribution in [0.2, 0.25) is 0 Å². The van der Waals surface area contributed by atoms with Gasteiger partial charge in [0.2, 0.25) is 0 Å². The van der Waals surface area contributed by atoms with Gasteiger partial charge in [-0.05, 0) is 13.8 Å². The molecule has 0 saturated carbocycles. The fraction of sp³-hybridized carbons (Fsp3) is 0.818. The average Bonchev–Trinajstić information content (AvgIpc) is 2.76. The molecule has 2 unspecified atom stereocenters. The molecule has 1 fully saturated rings. The summed E-state index contributed by atoms with van der Waals surface area (Å²) in [5.74, 6) is 0. The first kappa shape index (κ1) is 13.7. The summed E-state index contributed by atoms with van der Waals surface area (Å²) >= 11 is 1.39. The number of aromatic nitrogens is 2. The molecule has 2 N–H and O–H groups in total. The Morgan fingerprint density at radius 1 is 1.56 bits per heavy atom. The van der Waals surface area contributed by atoms with E-state index in [-0.39, 0.29) is 18.8 Å². The van der Waals surface area contributed by atoms with Crippen LogP contribution >= 0.6 is 11.5 Å². The van der Waals surface area contributed by atoms with E-state index >= 15 is 0 Å². The van der Waals surface area contributed by atoms with Gasteiger partial charge in [-0.25, -0.2) is 0 Å². The van der Waals surface area contributed by atoms with E-state index in [2.05, 4.69) is 26.7 Å². The predicted octanol–water partition coefficient (Wildman–Crippen LogP) is 0.551. The van der Waals surface area contributed by atoms with Gasteiger partial charge in [0, 0.05) is 37.7 Å². The van der Waals surface area contributed by atoms with E-state index in [1.165, 1.54) is 11.5 Å². The van der Waals surface area contributed by atoms with Gasteiger partial charge in [-0.1, -0.05) is 4.49 Å². The van der Waals surface area contributed by atoms with E-state index in [9.17, 15) is 5.11 Å². The molecule has 6 nitrogen and oxygen atoms in total. The number of anilines is 1. The molecule has 1 aliphatic heterocycles. The molecule has 1 aromatic rings. The quantitative estimate of drug-likeness (QED) is 0.816. The highest BCUT2D eigenvalue weighted by Gasteiger charge is 2.25. The van der Waals surface area contributed by atoms with Crippen molar-refractivity contribution < 1.29 is 9.84 Å². The lowest BCUT2D eigenvalue weighted by atomic mass is 10.2. The largest absolute Gasteiger partial charge is 0.394 e. The molecule has 0 bridgehead atoms. The zero-order valence-corrected chi connectivity index (χ0v) is 11.6. The first-order chi connectivity index (χ1) is 8.72. The van der Waals surface area contributed by atoms with Crippen LogP contribution in [0.15, 0.2) is 0 Å². The summed E-state index contributed by atoms with van der Waals surface area (Å²) in [5, 5.41) is 17.7. The molecule has 1 aliphatic rings. The van der Waals surface area contributed by atoms with Crippen LogP contribution in [0.25, 0.3) is 0 Å². The third kappa shape index (κ3) is 3.38. The van der Waals surface area contributed by atoms with Crippen molar-refractivity contribution in [3.8, 4) is 0 Å². The van der Waals surface area contributed by atoms with E-state index in [0.29, 0.717) is 0 Å². The lowest BCUT2D eigenvalue weighted by Gasteiger charge is -2.35. The van der Waals surface area contributed by atoms with Crippen LogP contribution < -0.4 is 5.32 Å². The molecule has 18 heavy (non-hydrogen) atoms. The minimum absolute atomic E-state index is 0.0657. The lowest BCUT2D eigenvalue weighted by Crippen LogP contribution is -2.47. The standard InChI is InChI=1S/C11H20N4O2S/c1-3-12-11-10(13-14-18-11)6-15-4-8(2)17-9(5-15)7-16/h8-9,12,16H,3-7H2,1-2H3. The number of nitrogens with one attached hydrogen (secondary N) is 1. The van der Waals surface area contributed by atoms with Crippen molar-refractivity contribution in [2.75, 3.05) is 31.6 Å².